The number of aromatic nitrogens is 2. The Morgan fingerprint density at radius 1 is 1.25 bits per heavy atom. The van der Waals surface area contributed by atoms with Gasteiger partial charge in [0, 0.05) is 10.4 Å². The molecule has 2 aromatic heterocycles. The van der Waals surface area contributed by atoms with Crippen LogP contribution in [0, 0.1) is 17.0 Å². The lowest BCUT2D eigenvalue weighted by molar-refractivity contribution is -0.386. The van der Waals surface area contributed by atoms with E-state index in [-0.39, 0.29) is 11.4 Å². The summed E-state index contributed by atoms with van der Waals surface area (Å²) in [5.41, 5.74) is 1.79. The Bertz CT molecular complexity index is 952. The monoisotopic (exact) mass is 341 g/mol. The van der Waals surface area contributed by atoms with Gasteiger partial charge in [-0.1, -0.05) is 12.1 Å². The van der Waals surface area contributed by atoms with E-state index in [4.69, 9.17) is 4.74 Å². The van der Waals surface area contributed by atoms with Crippen LogP contribution in [0.2, 0.25) is 0 Å². The molecule has 1 aliphatic rings. The van der Waals surface area contributed by atoms with Gasteiger partial charge in [-0.25, -0.2) is 9.97 Å². The van der Waals surface area contributed by atoms with Crippen molar-refractivity contribution in [3.8, 4) is 11.6 Å². The average molecular weight is 341 g/mol. The number of para-hydroxylation sites is 1. The fourth-order valence-corrected chi connectivity index (χ4v) is 4.41. The Kier molecular flexibility index (Phi) is 3.65. The maximum Gasteiger partial charge on any atom is 0.314 e. The summed E-state index contributed by atoms with van der Waals surface area (Å²) in [6.07, 6.45) is 5.82. The van der Waals surface area contributed by atoms with Gasteiger partial charge < -0.3 is 4.74 Å². The highest BCUT2D eigenvalue weighted by molar-refractivity contribution is 7.18. The van der Waals surface area contributed by atoms with Crippen LogP contribution < -0.4 is 4.74 Å². The SMILES string of the molecule is Cc1cccc(Oc2ncnc3sc4c(c23)CCCC4)c1[N+](=O)[O-]. The minimum atomic E-state index is -0.411. The van der Waals surface area contributed by atoms with Gasteiger partial charge in [0.1, 0.15) is 11.2 Å². The molecule has 24 heavy (non-hydrogen) atoms. The Morgan fingerprint density at radius 3 is 2.92 bits per heavy atom. The number of thiophene rings is 1. The molecule has 0 bridgehead atoms. The second-order valence-electron chi connectivity index (χ2n) is 5.85. The van der Waals surface area contributed by atoms with Gasteiger partial charge in [-0.3, -0.25) is 10.1 Å². The first-order chi connectivity index (χ1) is 11.6. The lowest BCUT2D eigenvalue weighted by atomic mass is 9.97. The van der Waals surface area contributed by atoms with E-state index in [0.29, 0.717) is 11.4 Å². The van der Waals surface area contributed by atoms with E-state index < -0.39 is 4.92 Å². The number of aryl methyl sites for hydroxylation is 3. The van der Waals surface area contributed by atoms with Gasteiger partial charge in [-0.05, 0) is 44.2 Å². The predicted octanol–water partition coefficient (Wildman–Crippen LogP) is 4.58. The highest BCUT2D eigenvalue weighted by atomic mass is 32.1. The number of nitro benzene ring substituents is 1. The molecule has 0 saturated carbocycles. The number of hydrogen-bond donors (Lipinski definition) is 0. The molecule has 3 aromatic rings. The summed E-state index contributed by atoms with van der Waals surface area (Å²) < 4.78 is 5.90. The smallest absolute Gasteiger partial charge is 0.314 e. The Labute approximate surface area is 142 Å². The second kappa shape index (κ2) is 5.83. The zero-order chi connectivity index (χ0) is 16.7. The number of benzene rings is 1. The molecule has 0 aliphatic heterocycles. The zero-order valence-electron chi connectivity index (χ0n) is 13.1. The van der Waals surface area contributed by atoms with Gasteiger partial charge >= 0.3 is 5.69 Å². The predicted molar refractivity (Wildman–Crippen MR) is 92.0 cm³/mol. The lowest BCUT2D eigenvalue weighted by Gasteiger charge is -2.12. The number of hydrogen-bond acceptors (Lipinski definition) is 6. The molecule has 1 aromatic carbocycles. The van der Waals surface area contributed by atoms with E-state index in [1.807, 2.05) is 0 Å². The molecule has 2 heterocycles. The highest BCUT2D eigenvalue weighted by Crippen LogP contribution is 2.41. The third kappa shape index (κ3) is 2.41. The second-order valence-corrected chi connectivity index (χ2v) is 6.93. The molecule has 0 fully saturated rings. The Balaban J connectivity index is 1.86. The molecular formula is C17H15N3O3S. The molecule has 0 spiro atoms. The summed E-state index contributed by atoms with van der Waals surface area (Å²) in [7, 11) is 0. The molecule has 122 valence electrons. The molecule has 1 aliphatic carbocycles. The van der Waals surface area contributed by atoms with E-state index in [2.05, 4.69) is 9.97 Å². The number of nitrogens with zero attached hydrogens (tertiary/aromatic N) is 3. The first-order valence-electron chi connectivity index (χ1n) is 7.82. The van der Waals surface area contributed by atoms with Crippen molar-refractivity contribution in [1.29, 1.82) is 0 Å². The number of fused-ring (bicyclic) bond motifs is 3. The lowest BCUT2D eigenvalue weighted by Crippen LogP contribution is -2.00. The van der Waals surface area contributed by atoms with Gasteiger partial charge in [0.2, 0.25) is 11.6 Å². The molecule has 0 amide bonds. The fourth-order valence-electron chi connectivity index (χ4n) is 3.19. The Morgan fingerprint density at radius 2 is 2.08 bits per heavy atom. The Hall–Kier alpha value is -2.54. The standard InChI is InChI=1S/C17H15N3O3S/c1-10-5-4-7-12(15(10)20(21)22)23-16-14-11-6-2-3-8-13(11)24-17(14)19-9-18-16/h4-5,7,9H,2-3,6,8H2,1H3. The summed E-state index contributed by atoms with van der Waals surface area (Å²) in [6, 6.07) is 5.06. The largest absolute Gasteiger partial charge is 0.431 e. The van der Waals surface area contributed by atoms with Crippen LogP contribution in [0.5, 0.6) is 11.6 Å². The third-order valence-corrected chi connectivity index (χ3v) is 5.51. The van der Waals surface area contributed by atoms with Crippen molar-refractivity contribution in [2.24, 2.45) is 0 Å². The van der Waals surface area contributed by atoms with Gasteiger partial charge in [0.25, 0.3) is 0 Å². The first kappa shape index (κ1) is 15.0. The summed E-state index contributed by atoms with van der Waals surface area (Å²) in [6.45, 7) is 1.70. The topological polar surface area (TPSA) is 78.2 Å². The van der Waals surface area contributed by atoms with E-state index in [1.165, 1.54) is 23.2 Å². The molecular weight excluding hydrogens is 326 g/mol. The van der Waals surface area contributed by atoms with Crippen molar-refractivity contribution in [2.45, 2.75) is 32.6 Å². The number of rotatable bonds is 3. The maximum absolute atomic E-state index is 11.4. The van der Waals surface area contributed by atoms with Crippen LogP contribution in [0.4, 0.5) is 5.69 Å². The summed E-state index contributed by atoms with van der Waals surface area (Å²) in [5, 5.41) is 12.3. The van der Waals surface area contributed by atoms with Crippen LogP contribution in [0.15, 0.2) is 24.5 Å². The first-order valence-corrected chi connectivity index (χ1v) is 8.64. The van der Waals surface area contributed by atoms with Crippen molar-refractivity contribution < 1.29 is 9.66 Å². The van der Waals surface area contributed by atoms with Crippen LogP contribution in [0.1, 0.15) is 28.8 Å². The number of ether oxygens (including phenoxy) is 1. The fraction of sp³-hybridized carbons (Fsp3) is 0.294. The molecule has 0 unspecified atom stereocenters. The van der Waals surface area contributed by atoms with Gasteiger partial charge in [0.15, 0.2) is 0 Å². The molecule has 0 radical (unpaired) electrons. The third-order valence-electron chi connectivity index (χ3n) is 4.31. The van der Waals surface area contributed by atoms with Crippen LogP contribution in [0.3, 0.4) is 0 Å². The molecule has 0 saturated heterocycles. The molecule has 4 rings (SSSR count). The molecule has 0 atom stereocenters. The van der Waals surface area contributed by atoms with Crippen molar-refractivity contribution >= 4 is 27.2 Å². The van der Waals surface area contributed by atoms with Crippen LogP contribution >= 0.6 is 11.3 Å². The van der Waals surface area contributed by atoms with Crippen molar-refractivity contribution in [3.05, 3.63) is 50.6 Å². The highest BCUT2D eigenvalue weighted by Gasteiger charge is 2.24. The minimum Gasteiger partial charge on any atom is -0.431 e. The zero-order valence-corrected chi connectivity index (χ0v) is 13.9. The van der Waals surface area contributed by atoms with E-state index in [9.17, 15) is 10.1 Å². The maximum atomic E-state index is 11.4. The normalized spacial score (nSPS) is 13.7. The summed E-state index contributed by atoms with van der Waals surface area (Å²) in [4.78, 5) is 21.8. The van der Waals surface area contributed by atoms with Gasteiger partial charge in [-0.15, -0.1) is 11.3 Å². The van der Waals surface area contributed by atoms with Crippen molar-refractivity contribution in [3.63, 3.8) is 0 Å². The minimum absolute atomic E-state index is 0.0200. The average Bonchev–Trinajstić information content (AvgIpc) is 2.94. The molecule has 0 N–H and O–H groups in total. The van der Waals surface area contributed by atoms with E-state index in [0.717, 1.165) is 29.5 Å². The van der Waals surface area contributed by atoms with Crippen LogP contribution in [-0.4, -0.2) is 14.9 Å². The molecule has 7 heteroatoms. The molecule has 6 nitrogen and oxygen atoms in total. The van der Waals surface area contributed by atoms with Crippen LogP contribution in [-0.2, 0) is 12.8 Å². The summed E-state index contributed by atoms with van der Waals surface area (Å²) >= 11 is 1.67. The van der Waals surface area contributed by atoms with E-state index >= 15 is 0 Å². The van der Waals surface area contributed by atoms with Gasteiger partial charge in [-0.2, -0.15) is 0 Å². The van der Waals surface area contributed by atoms with Gasteiger partial charge in [0.05, 0.1) is 10.3 Å². The van der Waals surface area contributed by atoms with Crippen LogP contribution in [0.25, 0.3) is 10.2 Å². The van der Waals surface area contributed by atoms with Crippen molar-refractivity contribution in [1.82, 2.24) is 9.97 Å². The summed E-state index contributed by atoms with van der Waals surface area (Å²) in [5.74, 6) is 0.629. The van der Waals surface area contributed by atoms with E-state index in [1.54, 1.807) is 36.5 Å². The van der Waals surface area contributed by atoms with Crippen molar-refractivity contribution in [2.75, 3.05) is 0 Å². The number of nitro groups is 1. The quantitative estimate of drug-likeness (QED) is 0.515.